The van der Waals surface area contributed by atoms with Gasteiger partial charge in [-0.25, -0.2) is 13.1 Å². The van der Waals surface area contributed by atoms with Crippen LogP contribution in [0.5, 0.6) is 0 Å². The van der Waals surface area contributed by atoms with Crippen LogP contribution in [0.2, 0.25) is 0 Å². The smallest absolute Gasteiger partial charge is 0.208 e. The highest BCUT2D eigenvalue weighted by Gasteiger charge is 2.15. The van der Waals surface area contributed by atoms with Crippen molar-refractivity contribution >= 4 is 10.0 Å². The van der Waals surface area contributed by atoms with Gasteiger partial charge in [-0.3, -0.25) is 0 Å². The van der Waals surface area contributed by atoms with Crippen LogP contribution in [0.3, 0.4) is 0 Å². The standard InChI is InChI=1S/C8H20N2O3S/c1-8(2,7-11)6-9-4-5-10-14(3,12)13/h9-11H,4-7H2,1-3H3. The van der Waals surface area contributed by atoms with E-state index in [0.29, 0.717) is 19.6 Å². The molecule has 0 aliphatic heterocycles. The summed E-state index contributed by atoms with van der Waals surface area (Å²) in [5, 5.41) is 12.0. The molecular weight excluding hydrogens is 204 g/mol. The van der Waals surface area contributed by atoms with Gasteiger partial charge in [0.1, 0.15) is 0 Å². The summed E-state index contributed by atoms with van der Waals surface area (Å²) in [6.45, 7) is 5.58. The number of nitrogens with one attached hydrogen (secondary N) is 2. The molecule has 0 fully saturated rings. The Bertz CT molecular complexity index is 249. The first-order chi connectivity index (χ1) is 6.27. The predicted molar refractivity (Wildman–Crippen MR) is 56.6 cm³/mol. The van der Waals surface area contributed by atoms with Crippen molar-refractivity contribution in [1.82, 2.24) is 10.0 Å². The zero-order chi connectivity index (χ0) is 11.2. The fraction of sp³-hybridized carbons (Fsp3) is 1.00. The largest absolute Gasteiger partial charge is 0.396 e. The molecule has 0 rings (SSSR count). The van der Waals surface area contributed by atoms with Gasteiger partial charge in [0.05, 0.1) is 6.26 Å². The maximum absolute atomic E-state index is 10.7. The van der Waals surface area contributed by atoms with Crippen molar-refractivity contribution in [1.29, 1.82) is 0 Å². The second kappa shape index (κ2) is 5.65. The van der Waals surface area contributed by atoms with Crippen LogP contribution in [0.1, 0.15) is 13.8 Å². The highest BCUT2D eigenvalue weighted by Crippen LogP contribution is 2.10. The van der Waals surface area contributed by atoms with Gasteiger partial charge in [-0.15, -0.1) is 0 Å². The monoisotopic (exact) mass is 224 g/mol. The third kappa shape index (κ3) is 8.43. The number of aliphatic hydroxyl groups is 1. The van der Waals surface area contributed by atoms with E-state index in [9.17, 15) is 8.42 Å². The molecule has 0 amide bonds. The Balaban J connectivity index is 3.49. The van der Waals surface area contributed by atoms with E-state index in [1.165, 1.54) is 0 Å². The van der Waals surface area contributed by atoms with Crippen molar-refractivity contribution in [3.05, 3.63) is 0 Å². The summed E-state index contributed by atoms with van der Waals surface area (Å²) < 4.78 is 23.7. The molecule has 3 N–H and O–H groups in total. The number of rotatable bonds is 7. The van der Waals surface area contributed by atoms with Crippen LogP contribution in [0, 0.1) is 5.41 Å². The van der Waals surface area contributed by atoms with Crippen LogP contribution in [-0.4, -0.2) is 46.0 Å². The molecule has 14 heavy (non-hydrogen) atoms. The molecule has 0 unspecified atom stereocenters. The SMILES string of the molecule is CC(C)(CO)CNCCNS(C)(=O)=O. The van der Waals surface area contributed by atoms with Crippen LogP contribution in [0.15, 0.2) is 0 Å². The Labute approximate surface area is 85.9 Å². The second-order valence-electron chi connectivity index (χ2n) is 4.17. The molecule has 0 saturated carbocycles. The van der Waals surface area contributed by atoms with Crippen molar-refractivity contribution in [2.24, 2.45) is 5.41 Å². The number of hydrogen-bond acceptors (Lipinski definition) is 4. The fourth-order valence-electron chi connectivity index (χ4n) is 0.807. The maximum atomic E-state index is 10.7. The zero-order valence-corrected chi connectivity index (χ0v) is 9.82. The van der Waals surface area contributed by atoms with Crippen LogP contribution >= 0.6 is 0 Å². The molecule has 0 saturated heterocycles. The summed E-state index contributed by atoms with van der Waals surface area (Å²) in [4.78, 5) is 0. The molecule has 0 heterocycles. The molecule has 86 valence electrons. The highest BCUT2D eigenvalue weighted by molar-refractivity contribution is 7.88. The third-order valence-electron chi connectivity index (χ3n) is 1.70. The Morgan fingerprint density at radius 3 is 2.29 bits per heavy atom. The van der Waals surface area contributed by atoms with E-state index in [2.05, 4.69) is 10.0 Å². The van der Waals surface area contributed by atoms with Gasteiger partial charge in [0, 0.05) is 31.7 Å². The molecule has 0 aromatic heterocycles. The van der Waals surface area contributed by atoms with E-state index in [4.69, 9.17) is 5.11 Å². The van der Waals surface area contributed by atoms with Crippen LogP contribution in [-0.2, 0) is 10.0 Å². The van der Waals surface area contributed by atoms with Gasteiger partial charge in [-0.1, -0.05) is 13.8 Å². The van der Waals surface area contributed by atoms with E-state index in [-0.39, 0.29) is 12.0 Å². The van der Waals surface area contributed by atoms with Gasteiger partial charge >= 0.3 is 0 Å². The summed E-state index contributed by atoms with van der Waals surface area (Å²) in [5.41, 5.74) is -0.162. The van der Waals surface area contributed by atoms with Crippen molar-refractivity contribution in [3.8, 4) is 0 Å². The lowest BCUT2D eigenvalue weighted by molar-refractivity contribution is 0.157. The van der Waals surface area contributed by atoms with Crippen molar-refractivity contribution in [2.45, 2.75) is 13.8 Å². The van der Waals surface area contributed by atoms with Gasteiger partial charge in [-0.05, 0) is 0 Å². The van der Waals surface area contributed by atoms with Crippen LogP contribution in [0.4, 0.5) is 0 Å². The second-order valence-corrected chi connectivity index (χ2v) is 6.00. The molecule has 0 atom stereocenters. The maximum Gasteiger partial charge on any atom is 0.208 e. The van der Waals surface area contributed by atoms with Gasteiger partial charge in [0.2, 0.25) is 10.0 Å². The minimum atomic E-state index is -3.09. The van der Waals surface area contributed by atoms with Gasteiger partial charge in [-0.2, -0.15) is 0 Å². The first-order valence-corrected chi connectivity index (χ1v) is 6.42. The Kier molecular flexibility index (Phi) is 5.58. The molecule has 0 aliphatic rings. The minimum absolute atomic E-state index is 0.111. The van der Waals surface area contributed by atoms with Crippen molar-refractivity contribution < 1.29 is 13.5 Å². The normalized spacial score (nSPS) is 13.1. The Morgan fingerprint density at radius 2 is 1.86 bits per heavy atom. The summed E-state index contributed by atoms with van der Waals surface area (Å²) in [7, 11) is -3.09. The van der Waals surface area contributed by atoms with E-state index in [1.807, 2.05) is 13.8 Å². The first-order valence-electron chi connectivity index (χ1n) is 4.53. The van der Waals surface area contributed by atoms with Crippen molar-refractivity contribution in [2.75, 3.05) is 32.5 Å². The Morgan fingerprint density at radius 1 is 1.29 bits per heavy atom. The van der Waals surface area contributed by atoms with E-state index in [1.54, 1.807) is 0 Å². The van der Waals surface area contributed by atoms with E-state index >= 15 is 0 Å². The van der Waals surface area contributed by atoms with Gasteiger partial charge in [0.25, 0.3) is 0 Å². The minimum Gasteiger partial charge on any atom is -0.396 e. The lowest BCUT2D eigenvalue weighted by atomic mass is 9.95. The highest BCUT2D eigenvalue weighted by atomic mass is 32.2. The summed E-state index contributed by atoms with van der Waals surface area (Å²) in [6.07, 6.45) is 1.13. The molecule has 0 aromatic carbocycles. The molecule has 0 radical (unpaired) electrons. The first kappa shape index (κ1) is 13.8. The fourth-order valence-corrected chi connectivity index (χ4v) is 1.28. The van der Waals surface area contributed by atoms with Gasteiger partial charge < -0.3 is 10.4 Å². The van der Waals surface area contributed by atoms with Crippen LogP contribution < -0.4 is 10.0 Å². The predicted octanol–water partition coefficient (Wildman–Crippen LogP) is -0.856. The molecule has 6 heteroatoms. The number of sulfonamides is 1. The molecule has 0 spiro atoms. The zero-order valence-electron chi connectivity index (χ0n) is 9.00. The average Bonchev–Trinajstić information content (AvgIpc) is 2.01. The quantitative estimate of drug-likeness (QED) is 0.492. The molecular formula is C8H20N2O3S. The summed E-state index contributed by atoms with van der Waals surface area (Å²) >= 11 is 0. The van der Waals surface area contributed by atoms with E-state index in [0.717, 1.165) is 6.26 Å². The average molecular weight is 224 g/mol. The lowest BCUT2D eigenvalue weighted by Crippen LogP contribution is -2.37. The van der Waals surface area contributed by atoms with Gasteiger partial charge in [0.15, 0.2) is 0 Å². The summed E-state index contributed by atoms with van der Waals surface area (Å²) in [6, 6.07) is 0. The van der Waals surface area contributed by atoms with Crippen molar-refractivity contribution in [3.63, 3.8) is 0 Å². The Hall–Kier alpha value is -0.170. The number of aliphatic hydroxyl groups excluding tert-OH is 1. The topological polar surface area (TPSA) is 78.4 Å². The molecule has 0 aliphatic carbocycles. The summed E-state index contributed by atoms with van der Waals surface area (Å²) in [5.74, 6) is 0. The molecule has 0 bridgehead atoms. The lowest BCUT2D eigenvalue weighted by Gasteiger charge is -2.21. The van der Waals surface area contributed by atoms with E-state index < -0.39 is 10.0 Å². The molecule has 5 nitrogen and oxygen atoms in total. The number of hydrogen-bond donors (Lipinski definition) is 3. The van der Waals surface area contributed by atoms with Crippen LogP contribution in [0.25, 0.3) is 0 Å². The molecule has 0 aromatic rings. The third-order valence-corrected chi connectivity index (χ3v) is 2.43.